The van der Waals surface area contributed by atoms with Crippen LogP contribution in [0.15, 0.2) is 28.7 Å². The van der Waals surface area contributed by atoms with E-state index in [9.17, 15) is 0 Å². The normalized spacial score (nSPS) is 11.2. The first-order chi connectivity index (χ1) is 8.15. The van der Waals surface area contributed by atoms with Crippen LogP contribution in [0.3, 0.4) is 0 Å². The van der Waals surface area contributed by atoms with Crippen molar-refractivity contribution in [3.05, 3.63) is 34.4 Å². The summed E-state index contributed by atoms with van der Waals surface area (Å²) in [6.07, 6.45) is 0. The average Bonchev–Trinajstić information content (AvgIpc) is 2.81. The Morgan fingerprint density at radius 3 is 2.82 bits per heavy atom. The Morgan fingerprint density at radius 2 is 2.12 bits per heavy atom. The van der Waals surface area contributed by atoms with Gasteiger partial charge in [-0.05, 0) is 31.2 Å². The van der Waals surface area contributed by atoms with Gasteiger partial charge >= 0.3 is 0 Å². The number of aryl methyl sites for hydroxylation is 2. The minimum Gasteiger partial charge on any atom is -0.277 e. The Morgan fingerprint density at radius 1 is 1.29 bits per heavy atom. The summed E-state index contributed by atoms with van der Waals surface area (Å²) < 4.78 is 2.90. The maximum atomic E-state index is 4.37. The number of aromatic amines is 1. The second kappa shape index (κ2) is 3.70. The monoisotopic (exact) mass is 290 g/mol. The van der Waals surface area contributed by atoms with Crippen LogP contribution in [0.5, 0.6) is 0 Å². The highest BCUT2D eigenvalue weighted by Gasteiger charge is 2.12. The van der Waals surface area contributed by atoms with E-state index in [1.165, 1.54) is 0 Å². The molecule has 3 rings (SSSR count). The molecule has 3 aromatic rings. The lowest BCUT2D eigenvalue weighted by molar-refractivity contribution is 0.762. The van der Waals surface area contributed by atoms with Gasteiger partial charge in [0, 0.05) is 16.9 Å². The van der Waals surface area contributed by atoms with Gasteiger partial charge in [0.05, 0.1) is 16.9 Å². The molecule has 0 saturated heterocycles. The van der Waals surface area contributed by atoms with Crippen LogP contribution < -0.4 is 0 Å². The molecule has 0 atom stereocenters. The Kier molecular flexibility index (Phi) is 2.29. The van der Waals surface area contributed by atoms with Gasteiger partial charge in [-0.1, -0.05) is 15.9 Å². The number of halogens is 1. The fraction of sp³-hybridized carbons (Fsp3) is 0.167. The highest BCUT2D eigenvalue weighted by molar-refractivity contribution is 9.10. The lowest BCUT2D eigenvalue weighted by Gasteiger charge is -1.98. The lowest BCUT2D eigenvalue weighted by Crippen LogP contribution is -1.94. The summed E-state index contributed by atoms with van der Waals surface area (Å²) in [5, 5.41) is 12.9. The van der Waals surface area contributed by atoms with Crippen molar-refractivity contribution in [1.29, 1.82) is 0 Å². The minimum atomic E-state index is 0.940. The van der Waals surface area contributed by atoms with Gasteiger partial charge in [-0.3, -0.25) is 9.78 Å². The van der Waals surface area contributed by atoms with Crippen LogP contribution in [0.1, 0.15) is 5.69 Å². The topological polar surface area (TPSA) is 46.5 Å². The van der Waals surface area contributed by atoms with E-state index in [1.54, 1.807) is 0 Å². The third-order valence-electron chi connectivity index (χ3n) is 2.77. The Labute approximate surface area is 107 Å². The molecule has 1 N–H and O–H groups in total. The number of benzene rings is 1. The SMILES string of the molecule is Cc1cc(-c2n[nH]c3cc(Br)ccc23)n(C)n1. The molecule has 0 aliphatic carbocycles. The van der Waals surface area contributed by atoms with E-state index < -0.39 is 0 Å². The maximum absolute atomic E-state index is 4.37. The molecule has 0 bridgehead atoms. The van der Waals surface area contributed by atoms with Crippen molar-refractivity contribution in [1.82, 2.24) is 20.0 Å². The molecule has 0 amide bonds. The number of nitrogens with zero attached hydrogens (tertiary/aromatic N) is 3. The quantitative estimate of drug-likeness (QED) is 0.749. The molecule has 17 heavy (non-hydrogen) atoms. The fourth-order valence-corrected chi connectivity index (χ4v) is 2.38. The Balaban J connectivity index is 2.28. The van der Waals surface area contributed by atoms with E-state index in [4.69, 9.17) is 0 Å². The summed E-state index contributed by atoms with van der Waals surface area (Å²) in [7, 11) is 1.93. The van der Waals surface area contributed by atoms with Gasteiger partial charge in [0.2, 0.25) is 0 Å². The van der Waals surface area contributed by atoms with Crippen LogP contribution in [-0.4, -0.2) is 20.0 Å². The van der Waals surface area contributed by atoms with Gasteiger partial charge < -0.3 is 0 Å². The van der Waals surface area contributed by atoms with Crippen LogP contribution in [-0.2, 0) is 7.05 Å². The average molecular weight is 291 g/mol. The third kappa shape index (κ3) is 1.67. The van der Waals surface area contributed by atoms with Crippen LogP contribution in [0, 0.1) is 6.92 Å². The number of fused-ring (bicyclic) bond motifs is 1. The van der Waals surface area contributed by atoms with E-state index in [-0.39, 0.29) is 0 Å². The second-order valence-corrected chi connectivity index (χ2v) is 4.97. The molecule has 0 aliphatic heterocycles. The standard InChI is InChI=1S/C12H11BrN4/c1-7-5-11(17(2)16-7)12-9-4-3-8(13)6-10(9)14-15-12/h3-6H,1-2H3,(H,14,15). The summed E-state index contributed by atoms with van der Waals surface area (Å²) >= 11 is 3.45. The molecule has 0 saturated carbocycles. The van der Waals surface area contributed by atoms with E-state index in [2.05, 4.69) is 37.3 Å². The van der Waals surface area contributed by atoms with Crippen LogP contribution in [0.4, 0.5) is 0 Å². The summed E-state index contributed by atoms with van der Waals surface area (Å²) in [6.45, 7) is 1.98. The van der Waals surface area contributed by atoms with Crippen molar-refractivity contribution in [2.75, 3.05) is 0 Å². The molecule has 0 spiro atoms. The van der Waals surface area contributed by atoms with Gasteiger partial charge in [0.15, 0.2) is 0 Å². The van der Waals surface area contributed by atoms with Gasteiger partial charge in [0.1, 0.15) is 5.69 Å². The summed E-state index contributed by atoms with van der Waals surface area (Å²) in [4.78, 5) is 0. The van der Waals surface area contributed by atoms with Gasteiger partial charge in [0.25, 0.3) is 0 Å². The fourth-order valence-electron chi connectivity index (χ4n) is 2.02. The van der Waals surface area contributed by atoms with E-state index in [0.717, 1.165) is 32.5 Å². The zero-order valence-corrected chi connectivity index (χ0v) is 11.1. The minimum absolute atomic E-state index is 0.940. The van der Waals surface area contributed by atoms with Crippen molar-refractivity contribution in [2.24, 2.45) is 7.05 Å². The number of aromatic nitrogens is 4. The largest absolute Gasteiger partial charge is 0.277 e. The van der Waals surface area contributed by atoms with Crippen molar-refractivity contribution in [2.45, 2.75) is 6.92 Å². The molecule has 5 heteroatoms. The van der Waals surface area contributed by atoms with Crippen LogP contribution in [0.2, 0.25) is 0 Å². The molecule has 0 unspecified atom stereocenters. The molecule has 86 valence electrons. The van der Waals surface area contributed by atoms with E-state index >= 15 is 0 Å². The number of hydrogen-bond acceptors (Lipinski definition) is 2. The van der Waals surface area contributed by atoms with Crippen molar-refractivity contribution < 1.29 is 0 Å². The summed E-state index contributed by atoms with van der Waals surface area (Å²) in [6, 6.07) is 8.14. The molecule has 0 aliphatic rings. The molecular formula is C12H11BrN4. The van der Waals surface area contributed by atoms with Crippen molar-refractivity contribution >= 4 is 26.8 Å². The predicted molar refractivity (Wildman–Crippen MR) is 70.7 cm³/mol. The summed E-state index contributed by atoms with van der Waals surface area (Å²) in [5.74, 6) is 0. The zero-order chi connectivity index (χ0) is 12.0. The van der Waals surface area contributed by atoms with Crippen molar-refractivity contribution in [3.63, 3.8) is 0 Å². The Bertz CT molecular complexity index is 696. The first kappa shape index (κ1) is 10.5. The van der Waals surface area contributed by atoms with E-state index in [1.807, 2.05) is 36.9 Å². The third-order valence-corrected chi connectivity index (χ3v) is 3.26. The van der Waals surface area contributed by atoms with Gasteiger partial charge in [-0.2, -0.15) is 10.2 Å². The molecule has 4 nitrogen and oxygen atoms in total. The molecule has 2 aromatic heterocycles. The molecule has 0 fully saturated rings. The number of rotatable bonds is 1. The number of hydrogen-bond donors (Lipinski definition) is 1. The van der Waals surface area contributed by atoms with Gasteiger partial charge in [-0.25, -0.2) is 0 Å². The first-order valence-electron chi connectivity index (χ1n) is 5.30. The first-order valence-corrected chi connectivity index (χ1v) is 6.09. The number of nitrogens with one attached hydrogen (secondary N) is 1. The zero-order valence-electron chi connectivity index (χ0n) is 9.53. The van der Waals surface area contributed by atoms with Crippen molar-refractivity contribution in [3.8, 4) is 11.4 Å². The number of H-pyrrole nitrogens is 1. The highest BCUT2D eigenvalue weighted by atomic mass is 79.9. The lowest BCUT2D eigenvalue weighted by atomic mass is 10.1. The second-order valence-electron chi connectivity index (χ2n) is 4.06. The smallest absolute Gasteiger partial charge is 0.118 e. The molecule has 1 aromatic carbocycles. The molecular weight excluding hydrogens is 280 g/mol. The maximum Gasteiger partial charge on any atom is 0.118 e. The molecule has 2 heterocycles. The van der Waals surface area contributed by atoms with Gasteiger partial charge in [-0.15, -0.1) is 0 Å². The highest BCUT2D eigenvalue weighted by Crippen LogP contribution is 2.28. The Hall–Kier alpha value is -1.62. The predicted octanol–water partition coefficient (Wildman–Crippen LogP) is 3.03. The van der Waals surface area contributed by atoms with Crippen LogP contribution in [0.25, 0.3) is 22.3 Å². The summed E-state index contributed by atoms with van der Waals surface area (Å²) in [5.41, 5.74) is 3.98. The van der Waals surface area contributed by atoms with Crippen LogP contribution >= 0.6 is 15.9 Å². The molecule has 0 radical (unpaired) electrons. The van der Waals surface area contributed by atoms with E-state index in [0.29, 0.717) is 0 Å².